The summed E-state index contributed by atoms with van der Waals surface area (Å²) in [5, 5.41) is 7.75. The number of esters is 1. The van der Waals surface area contributed by atoms with Gasteiger partial charge in [-0.1, -0.05) is 6.58 Å². The number of carbonyl (C=O) groups excluding carboxylic acids is 1. The highest BCUT2D eigenvalue weighted by Gasteiger charge is 1.99. The lowest BCUT2D eigenvalue weighted by atomic mass is 10.4. The van der Waals surface area contributed by atoms with Gasteiger partial charge in [0.15, 0.2) is 0 Å². The van der Waals surface area contributed by atoms with Gasteiger partial charge in [0.05, 0.1) is 0 Å². The normalized spacial score (nSPS) is 7.00. The Bertz CT molecular complexity index is 154. The number of hydrogen-bond donors (Lipinski definition) is 0. The van der Waals surface area contributed by atoms with E-state index in [0.717, 1.165) is 0 Å². The van der Waals surface area contributed by atoms with Crippen molar-refractivity contribution in [1.82, 2.24) is 0 Å². The Morgan fingerprint density at radius 2 is 2.38 bits per heavy atom. The van der Waals surface area contributed by atoms with Crippen molar-refractivity contribution < 1.29 is 9.53 Å². The van der Waals surface area contributed by atoms with Crippen LogP contribution in [0.1, 0.15) is 6.92 Å². The van der Waals surface area contributed by atoms with E-state index in [4.69, 9.17) is 5.26 Å². The van der Waals surface area contributed by atoms with Gasteiger partial charge in [0.1, 0.15) is 0 Å². The summed E-state index contributed by atoms with van der Waals surface area (Å²) in [6.07, 6.45) is 1.24. The molecule has 3 heteroatoms. The Kier molecular flexibility index (Phi) is 2.35. The molecule has 8 heavy (non-hydrogen) atoms. The van der Waals surface area contributed by atoms with Gasteiger partial charge in [0, 0.05) is 5.57 Å². The third-order valence-corrected chi connectivity index (χ3v) is 0.487. The van der Waals surface area contributed by atoms with Gasteiger partial charge >= 0.3 is 5.97 Å². The van der Waals surface area contributed by atoms with Crippen molar-refractivity contribution in [3.05, 3.63) is 12.2 Å². The summed E-state index contributed by atoms with van der Waals surface area (Å²) in [4.78, 5) is 10.2. The lowest BCUT2D eigenvalue weighted by Crippen LogP contribution is -1.98. The molecule has 0 atom stereocenters. The van der Waals surface area contributed by atoms with Crippen LogP contribution >= 0.6 is 0 Å². The van der Waals surface area contributed by atoms with Crippen LogP contribution in [-0.4, -0.2) is 5.97 Å². The van der Waals surface area contributed by atoms with E-state index in [1.807, 2.05) is 0 Å². The molecule has 0 unspecified atom stereocenters. The molecule has 0 rings (SSSR count). The lowest BCUT2D eigenvalue weighted by molar-refractivity contribution is -0.132. The van der Waals surface area contributed by atoms with E-state index in [2.05, 4.69) is 11.3 Å². The summed E-state index contributed by atoms with van der Waals surface area (Å²) in [7, 11) is 0. The summed E-state index contributed by atoms with van der Waals surface area (Å²) in [6.45, 7) is 4.72. The quantitative estimate of drug-likeness (QED) is 0.282. The van der Waals surface area contributed by atoms with Crippen LogP contribution in [0.3, 0.4) is 0 Å². The SMILES string of the molecule is C=C(C)C(=O)OC#N. The number of carbonyl (C=O) groups is 1. The maximum absolute atomic E-state index is 10.2. The molecule has 0 aromatic heterocycles. The Hall–Kier alpha value is -1.30. The topological polar surface area (TPSA) is 50.1 Å². The van der Waals surface area contributed by atoms with Crippen molar-refractivity contribution in [3.63, 3.8) is 0 Å². The van der Waals surface area contributed by atoms with E-state index >= 15 is 0 Å². The van der Waals surface area contributed by atoms with Crippen molar-refractivity contribution in [1.29, 1.82) is 5.26 Å². The minimum Gasteiger partial charge on any atom is -0.347 e. The van der Waals surface area contributed by atoms with E-state index in [0.29, 0.717) is 0 Å². The largest absolute Gasteiger partial charge is 0.348 e. The zero-order valence-corrected chi connectivity index (χ0v) is 4.47. The van der Waals surface area contributed by atoms with E-state index in [9.17, 15) is 4.79 Å². The van der Waals surface area contributed by atoms with Gasteiger partial charge in [-0.2, -0.15) is 0 Å². The maximum Gasteiger partial charge on any atom is 0.348 e. The second kappa shape index (κ2) is 2.80. The molecule has 0 heterocycles. The minimum atomic E-state index is -0.674. The summed E-state index contributed by atoms with van der Waals surface area (Å²) in [6, 6.07) is 0. The Morgan fingerprint density at radius 1 is 1.88 bits per heavy atom. The van der Waals surface area contributed by atoms with Crippen molar-refractivity contribution in [2.75, 3.05) is 0 Å². The predicted octanol–water partition coefficient (Wildman–Crippen LogP) is 0.587. The van der Waals surface area contributed by atoms with Crippen LogP contribution in [0.25, 0.3) is 0 Å². The number of ether oxygens (including phenoxy) is 1. The fourth-order valence-electron chi connectivity index (χ4n) is 0.129. The second-order valence-electron chi connectivity index (χ2n) is 1.26. The number of hydrogen-bond acceptors (Lipinski definition) is 3. The first-order chi connectivity index (χ1) is 3.68. The third kappa shape index (κ3) is 1.98. The van der Waals surface area contributed by atoms with Crippen molar-refractivity contribution in [3.8, 4) is 6.26 Å². The third-order valence-electron chi connectivity index (χ3n) is 0.487. The molecular formula is C5H5NO2. The van der Waals surface area contributed by atoms with Crippen LogP contribution in [0.4, 0.5) is 0 Å². The molecule has 0 aliphatic heterocycles. The molecule has 0 radical (unpaired) electrons. The van der Waals surface area contributed by atoms with E-state index in [1.54, 1.807) is 0 Å². The molecule has 0 saturated heterocycles. The molecule has 0 aromatic carbocycles. The van der Waals surface area contributed by atoms with Gasteiger partial charge in [-0.3, -0.25) is 0 Å². The maximum atomic E-state index is 10.2. The number of rotatable bonds is 1. The van der Waals surface area contributed by atoms with Crippen molar-refractivity contribution in [2.45, 2.75) is 6.92 Å². The predicted molar refractivity (Wildman–Crippen MR) is 26.5 cm³/mol. The zero-order chi connectivity index (χ0) is 6.57. The summed E-state index contributed by atoms with van der Waals surface area (Å²) in [5.74, 6) is -0.674. The molecule has 0 N–H and O–H groups in total. The van der Waals surface area contributed by atoms with Gasteiger partial charge in [-0.15, -0.1) is 5.26 Å². The highest BCUT2D eigenvalue weighted by Crippen LogP contribution is 1.88. The van der Waals surface area contributed by atoms with E-state index in [1.165, 1.54) is 13.2 Å². The molecular weight excluding hydrogens is 106 g/mol. The monoisotopic (exact) mass is 111 g/mol. The molecule has 0 aliphatic rings. The average molecular weight is 111 g/mol. The molecule has 42 valence electrons. The van der Waals surface area contributed by atoms with Crippen LogP contribution in [0.15, 0.2) is 12.2 Å². The molecule has 0 aliphatic carbocycles. The Balaban J connectivity index is 3.71. The van der Waals surface area contributed by atoms with E-state index in [-0.39, 0.29) is 5.57 Å². The summed E-state index contributed by atoms with van der Waals surface area (Å²) >= 11 is 0. The molecule has 0 saturated carbocycles. The van der Waals surface area contributed by atoms with Gasteiger partial charge in [0.2, 0.25) is 0 Å². The lowest BCUT2D eigenvalue weighted by Gasteiger charge is -1.87. The first-order valence-electron chi connectivity index (χ1n) is 1.94. The van der Waals surface area contributed by atoms with E-state index < -0.39 is 5.97 Å². The van der Waals surface area contributed by atoms with Crippen LogP contribution < -0.4 is 0 Å². The highest BCUT2D eigenvalue weighted by atomic mass is 16.5. The zero-order valence-electron chi connectivity index (χ0n) is 4.47. The molecule has 0 bridgehead atoms. The van der Waals surface area contributed by atoms with Crippen molar-refractivity contribution >= 4 is 5.97 Å². The minimum absolute atomic E-state index is 0.228. The first-order valence-corrected chi connectivity index (χ1v) is 1.94. The molecule has 0 spiro atoms. The molecule has 0 aromatic rings. The summed E-state index contributed by atoms with van der Waals surface area (Å²) < 4.78 is 3.87. The fraction of sp³-hybridized carbons (Fsp3) is 0.200. The molecule has 3 nitrogen and oxygen atoms in total. The Labute approximate surface area is 47.2 Å². The molecule has 0 fully saturated rings. The standard InChI is InChI=1S/C5H5NO2/c1-4(2)5(7)8-3-6/h1H2,2H3. The van der Waals surface area contributed by atoms with Crippen molar-refractivity contribution in [2.24, 2.45) is 0 Å². The van der Waals surface area contributed by atoms with Crippen LogP contribution in [0.2, 0.25) is 0 Å². The molecule has 0 amide bonds. The number of nitriles is 1. The second-order valence-corrected chi connectivity index (χ2v) is 1.26. The van der Waals surface area contributed by atoms with Crippen LogP contribution in [0, 0.1) is 11.5 Å². The summed E-state index contributed by atoms with van der Waals surface area (Å²) in [5.41, 5.74) is 0.228. The van der Waals surface area contributed by atoms with Gasteiger partial charge in [-0.05, 0) is 6.92 Å². The smallest absolute Gasteiger partial charge is 0.347 e. The number of nitrogens with zero attached hydrogens (tertiary/aromatic N) is 1. The van der Waals surface area contributed by atoms with Gasteiger partial charge in [-0.25, -0.2) is 4.79 Å². The van der Waals surface area contributed by atoms with Gasteiger partial charge in [0.25, 0.3) is 6.26 Å². The fourth-order valence-corrected chi connectivity index (χ4v) is 0.129. The first kappa shape index (κ1) is 6.70. The highest BCUT2D eigenvalue weighted by molar-refractivity contribution is 5.87. The average Bonchev–Trinajstić information content (AvgIpc) is 1.67. The van der Waals surface area contributed by atoms with Gasteiger partial charge < -0.3 is 4.74 Å². The Morgan fingerprint density at radius 3 is 2.50 bits per heavy atom. The van der Waals surface area contributed by atoms with Crippen LogP contribution in [0.5, 0.6) is 0 Å². The van der Waals surface area contributed by atoms with Crippen LogP contribution in [-0.2, 0) is 9.53 Å².